The Morgan fingerprint density at radius 3 is 2.77 bits per heavy atom. The molecule has 1 unspecified atom stereocenters. The smallest absolute Gasteiger partial charge is 0.295 e. The summed E-state index contributed by atoms with van der Waals surface area (Å²) in [6.07, 6.45) is 8.48. The maximum absolute atomic E-state index is 14.3. The largest absolute Gasteiger partial charge is 0.487 e. The van der Waals surface area contributed by atoms with Gasteiger partial charge in [0, 0.05) is 42.7 Å². The Bertz CT molecular complexity index is 2020. The van der Waals surface area contributed by atoms with Gasteiger partial charge in [-0.2, -0.15) is 0 Å². The summed E-state index contributed by atoms with van der Waals surface area (Å²) in [5, 5.41) is 32.3. The number of para-hydroxylation sites is 1. The molecule has 1 aliphatic carbocycles. The molecule has 1 amide bonds. The van der Waals surface area contributed by atoms with E-state index >= 15 is 0 Å². The third-order valence-electron chi connectivity index (χ3n) is 9.86. The molecule has 2 aromatic heterocycles. The molecule has 1 saturated carbocycles. The van der Waals surface area contributed by atoms with Crippen molar-refractivity contribution in [2.75, 3.05) is 13.1 Å². The van der Waals surface area contributed by atoms with Gasteiger partial charge in [0.25, 0.3) is 11.6 Å². The number of benzene rings is 3. The highest BCUT2D eigenvalue weighted by molar-refractivity contribution is 5.95. The maximum Gasteiger partial charge on any atom is 0.295 e. The fraction of sp³-hybridized carbons (Fsp3) is 0.382. The predicted octanol–water partition coefficient (Wildman–Crippen LogP) is 5.14. The Morgan fingerprint density at radius 2 is 1.92 bits per heavy atom. The molecule has 246 valence electrons. The number of carbonyl (C=O) groups is 1. The normalized spacial score (nSPS) is 20.4. The van der Waals surface area contributed by atoms with Crippen LogP contribution in [0.2, 0.25) is 0 Å². The molecule has 14 heteroatoms. The lowest BCUT2D eigenvalue weighted by Gasteiger charge is -2.39. The van der Waals surface area contributed by atoms with Crippen LogP contribution in [0.15, 0.2) is 66.9 Å². The van der Waals surface area contributed by atoms with Crippen molar-refractivity contribution >= 4 is 22.6 Å². The zero-order chi connectivity index (χ0) is 32.8. The van der Waals surface area contributed by atoms with Gasteiger partial charge in [-0.25, -0.2) is 13.8 Å². The number of nitro benzene ring substituents is 1. The van der Waals surface area contributed by atoms with E-state index in [-0.39, 0.29) is 46.3 Å². The van der Waals surface area contributed by atoms with Crippen LogP contribution in [-0.2, 0) is 6.54 Å². The van der Waals surface area contributed by atoms with Crippen LogP contribution in [0.1, 0.15) is 72.6 Å². The molecule has 5 aromatic rings. The lowest BCUT2D eigenvalue weighted by Crippen LogP contribution is -2.47. The van der Waals surface area contributed by atoms with Crippen molar-refractivity contribution in [1.29, 1.82) is 0 Å². The van der Waals surface area contributed by atoms with E-state index in [4.69, 9.17) is 4.74 Å². The third kappa shape index (κ3) is 5.65. The Hall–Kier alpha value is -5.24. The average molecular weight is 652 g/mol. The number of amides is 1. The van der Waals surface area contributed by atoms with Gasteiger partial charge in [0.2, 0.25) is 0 Å². The number of nitrogens with one attached hydrogen (secondary N) is 1. The maximum atomic E-state index is 14.3. The van der Waals surface area contributed by atoms with Crippen LogP contribution in [-0.4, -0.2) is 70.5 Å². The number of carbonyl (C=O) groups excluding carboxylic acids is 1. The van der Waals surface area contributed by atoms with E-state index < -0.39 is 4.92 Å². The number of piperidine rings is 1. The van der Waals surface area contributed by atoms with Gasteiger partial charge in [-0.1, -0.05) is 22.6 Å². The van der Waals surface area contributed by atoms with Gasteiger partial charge in [0.05, 0.1) is 28.4 Å². The van der Waals surface area contributed by atoms with Crippen LogP contribution in [0.5, 0.6) is 5.75 Å². The molecule has 4 heterocycles. The summed E-state index contributed by atoms with van der Waals surface area (Å²) in [7, 11) is 0. The Morgan fingerprint density at radius 1 is 1.06 bits per heavy atom. The minimum Gasteiger partial charge on any atom is -0.487 e. The molecule has 1 N–H and O–H groups in total. The van der Waals surface area contributed by atoms with Crippen molar-refractivity contribution in [3.63, 3.8) is 0 Å². The number of nitro groups is 1. The second-order valence-corrected chi connectivity index (χ2v) is 13.1. The number of hydrogen-bond acceptors (Lipinski definition) is 9. The SMILES string of the molecule is O=C(NC1CCCN(Cc2cn([C@@H]3CC4(CCCC4)Oc4ccc(F)cc43)nn2)C1)c1ccc(-n2nnc3ccccc32)c([N+](=O)[O-])c1. The van der Waals surface area contributed by atoms with E-state index in [0.29, 0.717) is 29.9 Å². The van der Waals surface area contributed by atoms with Crippen molar-refractivity contribution in [3.05, 3.63) is 99.6 Å². The average Bonchev–Trinajstić information content (AvgIpc) is 3.85. The molecule has 13 nitrogen and oxygen atoms in total. The summed E-state index contributed by atoms with van der Waals surface area (Å²) < 4.78 is 24.0. The lowest BCUT2D eigenvalue weighted by molar-refractivity contribution is -0.384. The molecule has 0 bridgehead atoms. The highest BCUT2D eigenvalue weighted by atomic mass is 19.1. The second kappa shape index (κ2) is 12.1. The number of nitrogens with zero attached hydrogens (tertiary/aromatic N) is 8. The number of ether oxygens (including phenoxy) is 1. The number of hydrogen-bond donors (Lipinski definition) is 1. The Kier molecular flexibility index (Phi) is 7.58. The molecule has 2 atom stereocenters. The van der Waals surface area contributed by atoms with Crippen molar-refractivity contribution in [2.24, 2.45) is 0 Å². The van der Waals surface area contributed by atoms with Gasteiger partial charge in [-0.3, -0.25) is 19.8 Å². The lowest BCUT2D eigenvalue weighted by atomic mass is 9.86. The number of likely N-dealkylation sites (tertiary alicyclic amines) is 1. The number of halogens is 1. The first-order chi connectivity index (χ1) is 23.3. The van der Waals surface area contributed by atoms with Gasteiger partial charge < -0.3 is 10.1 Å². The van der Waals surface area contributed by atoms with Crippen LogP contribution < -0.4 is 10.1 Å². The van der Waals surface area contributed by atoms with Gasteiger partial charge in [0.15, 0.2) is 0 Å². The van der Waals surface area contributed by atoms with Crippen LogP contribution in [0.4, 0.5) is 10.1 Å². The van der Waals surface area contributed by atoms with E-state index in [1.807, 2.05) is 23.0 Å². The number of rotatable bonds is 7. The second-order valence-electron chi connectivity index (χ2n) is 13.1. The van der Waals surface area contributed by atoms with E-state index in [1.165, 1.54) is 22.9 Å². The zero-order valence-corrected chi connectivity index (χ0v) is 26.2. The van der Waals surface area contributed by atoms with Gasteiger partial charge in [0.1, 0.15) is 28.4 Å². The molecule has 8 rings (SSSR count). The van der Waals surface area contributed by atoms with Crippen molar-refractivity contribution in [2.45, 2.75) is 69.2 Å². The summed E-state index contributed by atoms with van der Waals surface area (Å²) in [4.78, 5) is 27.1. The third-order valence-corrected chi connectivity index (χ3v) is 9.86. The van der Waals surface area contributed by atoms with Crippen molar-refractivity contribution < 1.29 is 18.8 Å². The molecular formula is C34H34FN9O4. The quantitative estimate of drug-likeness (QED) is 0.187. The van der Waals surface area contributed by atoms with Crippen LogP contribution in [0.3, 0.4) is 0 Å². The summed E-state index contributed by atoms with van der Waals surface area (Å²) in [6, 6.07) is 16.0. The standard InChI is InChI=1S/C34H34FN9O4/c35-23-10-12-32-26(17-23)31(18-34(48-32)13-3-4-14-34)42-21-25(37-39-42)20-41-15-5-6-24(19-41)36-33(45)22-9-11-29(30(16-22)44(46)47)43-28-8-2-1-7-27(28)38-40-43/h1-2,7-12,16-17,21,24,31H,3-6,13-15,18-20H2,(H,36,45)/t24?,31-/m1/s1. The van der Waals surface area contributed by atoms with Gasteiger partial charge >= 0.3 is 0 Å². The highest BCUT2D eigenvalue weighted by Crippen LogP contribution is 2.48. The number of aromatic nitrogens is 6. The summed E-state index contributed by atoms with van der Waals surface area (Å²) in [5.74, 6) is 0.0334. The van der Waals surface area contributed by atoms with E-state index in [9.17, 15) is 19.3 Å². The van der Waals surface area contributed by atoms with E-state index in [2.05, 4.69) is 30.8 Å². The summed E-state index contributed by atoms with van der Waals surface area (Å²) in [5.41, 5.74) is 2.75. The molecule has 3 aromatic carbocycles. The molecule has 2 fully saturated rings. The summed E-state index contributed by atoms with van der Waals surface area (Å²) >= 11 is 0. The predicted molar refractivity (Wildman–Crippen MR) is 172 cm³/mol. The first kappa shape index (κ1) is 30.1. The van der Waals surface area contributed by atoms with Crippen LogP contribution in [0, 0.1) is 15.9 Å². The van der Waals surface area contributed by atoms with Gasteiger partial charge in [-0.15, -0.1) is 10.2 Å². The Labute approximate surface area is 274 Å². The monoisotopic (exact) mass is 651 g/mol. The molecule has 1 spiro atoms. The first-order valence-corrected chi connectivity index (χ1v) is 16.4. The fourth-order valence-corrected chi connectivity index (χ4v) is 7.56. The minimum absolute atomic E-state index is 0.146. The summed E-state index contributed by atoms with van der Waals surface area (Å²) in [6.45, 7) is 1.97. The first-order valence-electron chi connectivity index (χ1n) is 16.4. The molecule has 48 heavy (non-hydrogen) atoms. The van der Waals surface area contributed by atoms with Gasteiger partial charge in [-0.05, 0) is 87.5 Å². The minimum atomic E-state index is -0.513. The van der Waals surface area contributed by atoms with Crippen molar-refractivity contribution in [1.82, 2.24) is 40.2 Å². The molecule has 2 aliphatic heterocycles. The fourth-order valence-electron chi connectivity index (χ4n) is 7.56. The molecular weight excluding hydrogens is 617 g/mol. The highest BCUT2D eigenvalue weighted by Gasteiger charge is 2.44. The molecule has 3 aliphatic rings. The molecule has 0 radical (unpaired) electrons. The van der Waals surface area contributed by atoms with E-state index in [0.717, 1.165) is 62.7 Å². The van der Waals surface area contributed by atoms with E-state index in [1.54, 1.807) is 30.3 Å². The zero-order valence-electron chi connectivity index (χ0n) is 26.2. The Balaban J connectivity index is 0.949. The topological polar surface area (TPSA) is 146 Å². The van der Waals surface area contributed by atoms with Crippen LogP contribution >= 0.6 is 0 Å². The van der Waals surface area contributed by atoms with Crippen molar-refractivity contribution in [3.8, 4) is 11.4 Å². The van der Waals surface area contributed by atoms with Crippen LogP contribution in [0.25, 0.3) is 16.7 Å². The number of fused-ring (bicyclic) bond motifs is 2. The molecule has 1 saturated heterocycles.